The first-order valence-corrected chi connectivity index (χ1v) is 11.3. The summed E-state index contributed by atoms with van der Waals surface area (Å²) >= 11 is 0. The molecule has 0 aliphatic carbocycles. The van der Waals surface area contributed by atoms with Crippen LogP contribution >= 0.6 is 24.0 Å². The van der Waals surface area contributed by atoms with Crippen LogP contribution in [0.25, 0.3) is 0 Å². The van der Waals surface area contributed by atoms with Crippen LogP contribution in [0.2, 0.25) is 0 Å². The van der Waals surface area contributed by atoms with Crippen molar-refractivity contribution >= 4 is 45.9 Å². The Kier molecular flexibility index (Phi) is 10.9. The number of guanidine groups is 1. The average molecular weight is 537 g/mol. The topological polar surface area (TPSA) is 103 Å². The largest absolute Gasteiger partial charge is 0.356 e. The Bertz CT molecular complexity index is 793. The number of hydrogen-bond acceptors (Lipinski definition) is 4. The van der Waals surface area contributed by atoms with Crippen LogP contribution in [-0.2, 0) is 16.4 Å². The number of sulfonamides is 1. The van der Waals surface area contributed by atoms with Gasteiger partial charge < -0.3 is 16.0 Å². The smallest absolute Gasteiger partial charge is 0.251 e. The number of rotatable bonds is 7. The second-order valence-electron chi connectivity index (χ2n) is 6.75. The van der Waals surface area contributed by atoms with Crippen LogP contribution in [-0.4, -0.2) is 70.1 Å². The van der Waals surface area contributed by atoms with Gasteiger partial charge >= 0.3 is 0 Å². The quantitative estimate of drug-likeness (QED) is 0.276. The van der Waals surface area contributed by atoms with Crippen molar-refractivity contribution in [2.45, 2.75) is 32.2 Å². The number of piperidine rings is 1. The van der Waals surface area contributed by atoms with Gasteiger partial charge in [-0.2, -0.15) is 0 Å². The van der Waals surface area contributed by atoms with Gasteiger partial charge in [-0.05, 0) is 43.9 Å². The molecule has 0 radical (unpaired) electrons. The van der Waals surface area contributed by atoms with Crippen LogP contribution < -0.4 is 16.0 Å². The van der Waals surface area contributed by atoms with Gasteiger partial charge in [0.2, 0.25) is 10.0 Å². The van der Waals surface area contributed by atoms with Gasteiger partial charge in [-0.25, -0.2) is 12.7 Å². The zero-order valence-corrected chi connectivity index (χ0v) is 20.4. The number of carbonyl (C=O) groups excluding carboxylic acids is 1. The summed E-state index contributed by atoms with van der Waals surface area (Å²) < 4.78 is 25.5. The molecule has 8 nitrogen and oxygen atoms in total. The fourth-order valence-electron chi connectivity index (χ4n) is 3.19. The zero-order valence-electron chi connectivity index (χ0n) is 17.3. The van der Waals surface area contributed by atoms with Crippen molar-refractivity contribution in [2.24, 2.45) is 4.99 Å². The highest BCUT2D eigenvalue weighted by Crippen LogP contribution is 2.14. The van der Waals surface area contributed by atoms with Crippen LogP contribution in [0.4, 0.5) is 0 Å². The third kappa shape index (κ3) is 7.74. The number of carbonyl (C=O) groups is 1. The molecule has 1 aliphatic heterocycles. The minimum atomic E-state index is -3.10. The van der Waals surface area contributed by atoms with Crippen LogP contribution in [0.5, 0.6) is 0 Å². The molecule has 1 aromatic rings. The van der Waals surface area contributed by atoms with Gasteiger partial charge in [0.15, 0.2) is 5.96 Å². The predicted molar refractivity (Wildman–Crippen MR) is 128 cm³/mol. The Hall–Kier alpha value is -1.40. The minimum Gasteiger partial charge on any atom is -0.356 e. The molecule has 1 fully saturated rings. The molecule has 3 N–H and O–H groups in total. The summed E-state index contributed by atoms with van der Waals surface area (Å²) in [6.45, 7) is 3.43. The van der Waals surface area contributed by atoms with Gasteiger partial charge in [0.1, 0.15) is 0 Å². The van der Waals surface area contributed by atoms with E-state index in [0.29, 0.717) is 31.2 Å². The lowest BCUT2D eigenvalue weighted by Crippen LogP contribution is -2.50. The van der Waals surface area contributed by atoms with Gasteiger partial charge in [0.05, 0.1) is 5.75 Å². The standard InChI is InChI=1S/C19H31N5O3S.HI/c1-4-28(26,27)24-12-9-17(10-13-24)23-19(21-3)22-11-8-15-6-5-7-16(14-15)18(25)20-2;/h5-7,14,17H,4,8-13H2,1-3H3,(H,20,25)(H2,21,22,23);1H. The number of benzene rings is 1. The fraction of sp³-hybridized carbons (Fsp3) is 0.579. The second-order valence-corrected chi connectivity index (χ2v) is 9.00. The number of nitrogens with one attached hydrogen (secondary N) is 3. The van der Waals surface area contributed by atoms with E-state index < -0.39 is 10.0 Å². The fourth-order valence-corrected chi connectivity index (χ4v) is 4.32. The Labute approximate surface area is 191 Å². The third-order valence-corrected chi connectivity index (χ3v) is 6.78. The predicted octanol–water partition coefficient (Wildman–Crippen LogP) is 1.19. The van der Waals surface area contributed by atoms with E-state index >= 15 is 0 Å². The first-order chi connectivity index (χ1) is 13.4. The molecule has 1 aromatic carbocycles. The molecular formula is C19H32IN5O3S. The summed E-state index contributed by atoms with van der Waals surface area (Å²) in [5.41, 5.74) is 1.72. The number of aliphatic imine (C=N–C) groups is 1. The van der Waals surface area contributed by atoms with Crippen LogP contribution in [0.1, 0.15) is 35.7 Å². The van der Waals surface area contributed by atoms with Crippen molar-refractivity contribution in [3.05, 3.63) is 35.4 Å². The molecule has 1 amide bonds. The summed E-state index contributed by atoms with van der Waals surface area (Å²) in [6.07, 6.45) is 2.28. The SMILES string of the molecule is CCS(=O)(=O)N1CCC(NC(=NC)NCCc2cccc(C(=O)NC)c2)CC1.I. The van der Waals surface area contributed by atoms with Gasteiger partial charge in [-0.15, -0.1) is 24.0 Å². The maximum absolute atomic E-state index is 11.9. The lowest BCUT2D eigenvalue weighted by atomic mass is 10.1. The van der Waals surface area contributed by atoms with Crippen LogP contribution in [0.15, 0.2) is 29.3 Å². The summed E-state index contributed by atoms with van der Waals surface area (Å²) in [4.78, 5) is 16.0. The number of hydrogen-bond donors (Lipinski definition) is 3. The number of nitrogens with zero attached hydrogens (tertiary/aromatic N) is 2. The molecule has 164 valence electrons. The molecule has 0 atom stereocenters. The Morgan fingerprint density at radius 1 is 1.28 bits per heavy atom. The lowest BCUT2D eigenvalue weighted by Gasteiger charge is -2.32. The van der Waals surface area contributed by atoms with E-state index in [2.05, 4.69) is 20.9 Å². The van der Waals surface area contributed by atoms with E-state index in [4.69, 9.17) is 0 Å². The van der Waals surface area contributed by atoms with Crippen LogP contribution in [0, 0.1) is 0 Å². The van der Waals surface area contributed by atoms with Crippen LogP contribution in [0.3, 0.4) is 0 Å². The van der Waals surface area contributed by atoms with Crippen molar-refractivity contribution < 1.29 is 13.2 Å². The summed E-state index contributed by atoms with van der Waals surface area (Å²) in [5.74, 6) is 0.762. The van der Waals surface area contributed by atoms with Crippen molar-refractivity contribution in [3.63, 3.8) is 0 Å². The molecule has 0 unspecified atom stereocenters. The van der Waals surface area contributed by atoms with E-state index in [0.717, 1.165) is 24.8 Å². The molecule has 1 aliphatic rings. The van der Waals surface area contributed by atoms with E-state index in [-0.39, 0.29) is 41.7 Å². The van der Waals surface area contributed by atoms with Gasteiger partial charge in [-0.3, -0.25) is 9.79 Å². The maximum atomic E-state index is 11.9. The van der Waals surface area contributed by atoms with Gasteiger partial charge in [0, 0.05) is 45.3 Å². The van der Waals surface area contributed by atoms with Gasteiger partial charge in [-0.1, -0.05) is 12.1 Å². The molecular weight excluding hydrogens is 505 g/mol. The Morgan fingerprint density at radius 2 is 1.97 bits per heavy atom. The van der Waals surface area contributed by atoms with E-state index in [1.54, 1.807) is 31.4 Å². The number of amides is 1. The first kappa shape index (κ1) is 25.6. The summed E-state index contributed by atoms with van der Waals surface area (Å²) in [6, 6.07) is 7.76. The van der Waals surface area contributed by atoms with E-state index in [1.807, 2.05) is 18.2 Å². The zero-order chi connectivity index (χ0) is 20.6. The van der Waals surface area contributed by atoms with Crippen molar-refractivity contribution in [3.8, 4) is 0 Å². The van der Waals surface area contributed by atoms with Crippen molar-refractivity contribution in [1.29, 1.82) is 0 Å². The molecule has 2 rings (SSSR count). The number of halogens is 1. The summed E-state index contributed by atoms with van der Waals surface area (Å²) in [5, 5.41) is 9.29. The first-order valence-electron chi connectivity index (χ1n) is 9.65. The lowest BCUT2D eigenvalue weighted by molar-refractivity contribution is 0.0963. The molecule has 10 heteroatoms. The van der Waals surface area contributed by atoms with E-state index in [9.17, 15) is 13.2 Å². The maximum Gasteiger partial charge on any atom is 0.251 e. The highest BCUT2D eigenvalue weighted by molar-refractivity contribution is 14.0. The van der Waals surface area contributed by atoms with Crippen molar-refractivity contribution in [2.75, 3.05) is 39.5 Å². The molecule has 0 spiro atoms. The van der Waals surface area contributed by atoms with Crippen molar-refractivity contribution in [1.82, 2.24) is 20.3 Å². The highest BCUT2D eigenvalue weighted by atomic mass is 127. The third-order valence-electron chi connectivity index (χ3n) is 4.90. The normalized spacial score (nSPS) is 16.0. The van der Waals surface area contributed by atoms with Gasteiger partial charge in [0.25, 0.3) is 5.91 Å². The Morgan fingerprint density at radius 3 is 2.55 bits per heavy atom. The highest BCUT2D eigenvalue weighted by Gasteiger charge is 2.26. The molecule has 0 saturated carbocycles. The molecule has 1 heterocycles. The van der Waals surface area contributed by atoms with E-state index in [1.165, 1.54) is 0 Å². The molecule has 29 heavy (non-hydrogen) atoms. The molecule has 1 saturated heterocycles. The molecule has 0 bridgehead atoms. The second kappa shape index (κ2) is 12.3. The Balaban J connectivity index is 0.00000420. The minimum absolute atomic E-state index is 0. The summed E-state index contributed by atoms with van der Waals surface area (Å²) in [7, 11) is 0.236. The molecule has 0 aromatic heterocycles. The average Bonchev–Trinajstić information content (AvgIpc) is 2.73. The monoisotopic (exact) mass is 537 g/mol.